The van der Waals surface area contributed by atoms with E-state index in [1.54, 1.807) is 30.6 Å². The minimum atomic E-state index is -3.55. The zero-order valence-corrected chi connectivity index (χ0v) is 56.4. The number of unbranched alkanes of at least 4 members (excludes halogenated alkanes) is 1. The lowest BCUT2D eigenvalue weighted by Gasteiger charge is -2.41. The number of nitrogens with zero attached hydrogens (tertiary/aromatic N) is 2. The molecule has 18 nitrogen and oxygen atoms in total. The number of nitrogens with one attached hydrogen (secondary N) is 3. The minimum absolute atomic E-state index is 0.0304. The summed E-state index contributed by atoms with van der Waals surface area (Å²) < 4.78 is 25.6. The van der Waals surface area contributed by atoms with E-state index in [0.717, 1.165) is 57.8 Å². The molecular formula is C67H110N6O12S. The number of likely N-dealkylation sites (tertiary alicyclic amines) is 2. The molecule has 2 aliphatic heterocycles. The number of carbonyl (C=O) groups is 10. The van der Waals surface area contributed by atoms with Gasteiger partial charge >= 0.3 is 6.03 Å². The number of carbonyl (C=O) groups excluding carboxylic acids is 10. The van der Waals surface area contributed by atoms with Gasteiger partial charge in [-0.25, -0.2) is 13.2 Å². The maximum Gasteiger partial charge on any atom is 0.315 e. The molecule has 0 spiro atoms. The van der Waals surface area contributed by atoms with Gasteiger partial charge in [0, 0.05) is 62.6 Å². The maximum absolute atomic E-state index is 14.5. The van der Waals surface area contributed by atoms with Crippen LogP contribution in [0.2, 0.25) is 0 Å². The first-order valence-electron chi connectivity index (χ1n) is 32.6. The number of piperidine rings is 2. The molecule has 5 N–H and O–H groups in total. The molecule has 5 aliphatic carbocycles. The average molecular weight is 1220 g/mol. The minimum Gasteiger partial charge on any atom is -0.363 e. The topological polar surface area (TPSA) is 273 Å². The lowest BCUT2D eigenvalue weighted by atomic mass is 9.74. The van der Waals surface area contributed by atoms with Gasteiger partial charge in [0.2, 0.25) is 23.4 Å². The fraction of sp³-hybridized carbons (Fsp3) is 0.851. The molecule has 6 amide bonds. The van der Waals surface area contributed by atoms with Crippen molar-refractivity contribution in [2.75, 3.05) is 18.8 Å². The van der Waals surface area contributed by atoms with Crippen molar-refractivity contribution in [2.24, 2.45) is 80.2 Å². The van der Waals surface area contributed by atoms with Crippen molar-refractivity contribution in [1.29, 1.82) is 0 Å². The van der Waals surface area contributed by atoms with Gasteiger partial charge in [0.25, 0.3) is 11.8 Å². The number of sulfone groups is 1. The van der Waals surface area contributed by atoms with Crippen LogP contribution in [0, 0.1) is 74.4 Å². The van der Waals surface area contributed by atoms with E-state index in [-0.39, 0.29) is 100 Å². The monoisotopic (exact) mass is 1220 g/mol. The number of urea groups is 1. The van der Waals surface area contributed by atoms with Crippen molar-refractivity contribution >= 4 is 68.4 Å². The lowest BCUT2D eigenvalue weighted by Crippen LogP contribution is -2.63. The van der Waals surface area contributed by atoms with Gasteiger partial charge < -0.3 is 31.5 Å². The molecular weight excluding hydrogens is 1110 g/mol. The summed E-state index contributed by atoms with van der Waals surface area (Å²) in [5, 5.41) is 8.70. The molecule has 86 heavy (non-hydrogen) atoms. The first kappa shape index (κ1) is 70.5. The Bertz CT molecular complexity index is 2710. The summed E-state index contributed by atoms with van der Waals surface area (Å²) in [6, 6.07) is -2.94. The first-order chi connectivity index (χ1) is 39.4. The molecule has 5 saturated carbocycles. The molecule has 0 aromatic heterocycles. The summed E-state index contributed by atoms with van der Waals surface area (Å²) in [6.45, 7) is 33.8. The molecule has 486 valence electrons. The summed E-state index contributed by atoms with van der Waals surface area (Å²) in [7, 11) is -3.55. The van der Waals surface area contributed by atoms with E-state index in [4.69, 9.17) is 5.73 Å². The number of hydrogen-bond acceptors (Lipinski definition) is 12. The molecule has 7 rings (SSSR count). The second kappa shape index (κ2) is 26.1. The fourth-order valence-corrected chi connectivity index (χ4v) is 16.3. The third-order valence-corrected chi connectivity index (χ3v) is 23.7. The predicted octanol–water partition coefficient (Wildman–Crippen LogP) is 9.06. The zero-order chi connectivity index (χ0) is 64.8. The highest BCUT2D eigenvalue weighted by Crippen LogP contribution is 2.66. The van der Waals surface area contributed by atoms with E-state index in [9.17, 15) is 56.4 Å². The van der Waals surface area contributed by atoms with E-state index in [0.29, 0.717) is 57.5 Å². The molecule has 10 atom stereocenters. The van der Waals surface area contributed by atoms with Gasteiger partial charge in [0.1, 0.15) is 11.8 Å². The number of amides is 6. The zero-order valence-electron chi connectivity index (χ0n) is 55.6. The second-order valence-corrected chi connectivity index (χ2v) is 35.8. The summed E-state index contributed by atoms with van der Waals surface area (Å²) in [6.07, 6.45) is 11.2. The van der Waals surface area contributed by atoms with Gasteiger partial charge in [-0.15, -0.1) is 0 Å². The predicted molar refractivity (Wildman–Crippen MR) is 332 cm³/mol. The van der Waals surface area contributed by atoms with Gasteiger partial charge in [0.05, 0.1) is 28.1 Å². The highest BCUT2D eigenvalue weighted by molar-refractivity contribution is 7.92. The van der Waals surface area contributed by atoms with Crippen molar-refractivity contribution in [3.63, 3.8) is 0 Å². The van der Waals surface area contributed by atoms with Crippen molar-refractivity contribution in [2.45, 2.75) is 268 Å². The molecule has 2 saturated heterocycles. The van der Waals surface area contributed by atoms with Crippen LogP contribution in [-0.2, 0) is 53.0 Å². The van der Waals surface area contributed by atoms with Crippen LogP contribution >= 0.6 is 0 Å². The Labute approximate surface area is 515 Å². The summed E-state index contributed by atoms with van der Waals surface area (Å²) in [5.41, 5.74) is 2.83. The number of hydrogen-bond donors (Lipinski definition) is 4. The Balaban J connectivity index is 0.000000286. The maximum atomic E-state index is 14.5. The summed E-state index contributed by atoms with van der Waals surface area (Å²) >= 11 is 0. The standard InChI is InChI=1S/C37H62N4O7S.C30H48N2O5/c1-10-11-15-23(29(43)31(44)38-24-16-17-24)20-26(42)28-27-25(36(27,8)9)21-41(28)32(45)30(34(2,3)4)39-33(46)40-37(18-13-12-14-19-37)22-49(47,48)35(5,6)7;1-28(2,3)15-19(33)14-20(29(4,5)6)27(37)32-16-21-23(30(21,7)8)24(32)22(34)13-18(25(35)26(31)36)12-17-10-9-11-17/h23-25,27-28,30H,10-22H2,1-9H3,(H,38,44)(H2,39,40,46);17-18,20-21,23-24H,9-16H2,1-8H3,(H2,31,36)/t23-,25-,27-,28+,30+;18-,20+,21-,23-,24+/m00/s1. The fourth-order valence-electron chi connectivity index (χ4n) is 14.7. The number of nitrogens with two attached hydrogens (primary N) is 1. The molecule has 2 heterocycles. The van der Waals surface area contributed by atoms with Gasteiger partial charge in [-0.3, -0.25) is 43.2 Å². The van der Waals surface area contributed by atoms with E-state index in [1.807, 2.05) is 69.2 Å². The average Bonchev–Trinajstić information content (AvgIpc) is 1.54. The van der Waals surface area contributed by atoms with Crippen molar-refractivity contribution in [1.82, 2.24) is 25.8 Å². The Morgan fingerprint density at radius 3 is 1.58 bits per heavy atom. The van der Waals surface area contributed by atoms with Gasteiger partial charge in [-0.05, 0) is 116 Å². The van der Waals surface area contributed by atoms with Crippen LogP contribution in [0.25, 0.3) is 0 Å². The summed E-state index contributed by atoms with van der Waals surface area (Å²) in [5.74, 6) is -5.25. The van der Waals surface area contributed by atoms with Crippen LogP contribution in [0.4, 0.5) is 4.79 Å². The molecule has 0 radical (unpaired) electrons. The Morgan fingerprint density at radius 1 is 0.640 bits per heavy atom. The second-order valence-electron chi connectivity index (χ2n) is 33.0. The largest absolute Gasteiger partial charge is 0.363 e. The van der Waals surface area contributed by atoms with Crippen LogP contribution in [0.3, 0.4) is 0 Å². The van der Waals surface area contributed by atoms with Crippen molar-refractivity contribution in [3.05, 3.63) is 0 Å². The van der Waals surface area contributed by atoms with Crippen LogP contribution in [0.5, 0.6) is 0 Å². The molecule has 0 unspecified atom stereocenters. The van der Waals surface area contributed by atoms with Crippen LogP contribution in [0.15, 0.2) is 0 Å². The van der Waals surface area contributed by atoms with Crippen molar-refractivity contribution < 1.29 is 56.4 Å². The third-order valence-electron chi connectivity index (χ3n) is 20.9. The molecule has 0 aromatic carbocycles. The highest BCUT2D eigenvalue weighted by Gasteiger charge is 2.71. The van der Waals surface area contributed by atoms with E-state index in [1.165, 1.54) is 0 Å². The van der Waals surface area contributed by atoms with Crippen molar-refractivity contribution in [3.8, 4) is 0 Å². The van der Waals surface area contributed by atoms with Gasteiger partial charge in [0.15, 0.2) is 21.4 Å². The SMILES string of the molecule is CC(C)(C)CC(=O)C[C@H](C(=O)N1C[C@H]2[C@@H]([C@H]1C(=O)C[C@H](CC1CCC1)C(=O)C(N)=O)C2(C)C)C(C)(C)C.CCCC[C@@H](CC(=O)[C@@H]1[C@@H]2[C@H](CN1C(=O)[C@@H](NC(=O)NC1(CS(=O)(=O)C(C)(C)C)CCCCC1)C(C)(C)C)C2(C)C)C(=O)C(=O)NC1CC1. The molecule has 7 fully saturated rings. The van der Waals surface area contributed by atoms with Crippen LogP contribution < -0.4 is 21.7 Å². The molecule has 0 bridgehead atoms. The Hall–Kier alpha value is -4.55. The Kier molecular flexibility index (Phi) is 21.4. The van der Waals surface area contributed by atoms with E-state index >= 15 is 0 Å². The number of rotatable bonds is 25. The number of primary amides is 1. The highest BCUT2D eigenvalue weighted by atomic mass is 32.2. The number of ketones is 5. The molecule has 0 aromatic rings. The first-order valence-corrected chi connectivity index (χ1v) is 34.2. The number of fused-ring (bicyclic) bond motifs is 2. The van der Waals surface area contributed by atoms with E-state index < -0.39 is 96.2 Å². The Morgan fingerprint density at radius 2 is 1.15 bits per heavy atom. The quantitative estimate of drug-likeness (QED) is 0.0623. The smallest absolute Gasteiger partial charge is 0.315 e. The van der Waals surface area contributed by atoms with Gasteiger partial charge in [-0.2, -0.15) is 0 Å². The van der Waals surface area contributed by atoms with Crippen LogP contribution in [0.1, 0.15) is 233 Å². The summed E-state index contributed by atoms with van der Waals surface area (Å²) in [4.78, 5) is 137. The normalized spacial score (nSPS) is 26.2. The van der Waals surface area contributed by atoms with Gasteiger partial charge in [-0.1, -0.05) is 148 Å². The molecule has 19 heteroatoms. The van der Waals surface area contributed by atoms with Crippen LogP contribution in [-0.4, -0.2) is 130 Å². The third kappa shape index (κ3) is 16.6. The number of Topliss-reactive ketones (excluding diaryl/α,β-unsaturated/α-hetero) is 5. The lowest BCUT2D eigenvalue weighted by molar-refractivity contribution is -0.148. The van der Waals surface area contributed by atoms with E-state index in [2.05, 4.69) is 43.6 Å². The molecule has 7 aliphatic rings.